The molecule has 0 saturated carbocycles. The summed E-state index contributed by atoms with van der Waals surface area (Å²) in [5.41, 5.74) is -0.851. The Kier molecular flexibility index (Phi) is 8.29. The molecule has 2 saturated heterocycles. The van der Waals surface area contributed by atoms with Crippen LogP contribution in [0.2, 0.25) is 0 Å². The van der Waals surface area contributed by atoms with Crippen molar-refractivity contribution < 1.29 is 27.1 Å². The molecule has 8 nitrogen and oxygen atoms in total. The Hall–Kier alpha value is -3.90. The van der Waals surface area contributed by atoms with Gasteiger partial charge in [-0.2, -0.15) is 13.2 Å². The first-order valence-electron chi connectivity index (χ1n) is 13.8. The Morgan fingerprint density at radius 3 is 2.26 bits per heavy atom. The van der Waals surface area contributed by atoms with Crippen LogP contribution in [-0.4, -0.2) is 74.3 Å². The van der Waals surface area contributed by atoms with Gasteiger partial charge in [-0.1, -0.05) is 12.1 Å². The lowest BCUT2D eigenvalue weighted by atomic mass is 10.0. The van der Waals surface area contributed by atoms with Crippen molar-refractivity contribution in [1.29, 1.82) is 0 Å². The summed E-state index contributed by atoms with van der Waals surface area (Å²) in [5, 5.41) is 2.59. The lowest BCUT2D eigenvalue weighted by Crippen LogP contribution is -2.55. The number of piperazine rings is 1. The number of hydrogen-bond acceptors (Lipinski definition) is 6. The number of carbonyl (C=O) groups is 1. The van der Waals surface area contributed by atoms with Crippen LogP contribution in [0.5, 0.6) is 0 Å². The van der Waals surface area contributed by atoms with Crippen LogP contribution in [0, 0.1) is 5.82 Å². The Morgan fingerprint density at radius 2 is 1.64 bits per heavy atom. The summed E-state index contributed by atoms with van der Waals surface area (Å²) in [6.45, 7) is 7.81. The van der Waals surface area contributed by atoms with E-state index in [2.05, 4.69) is 20.1 Å². The summed E-state index contributed by atoms with van der Waals surface area (Å²) in [5.74, 6) is -1.60. The first kappa shape index (κ1) is 29.6. The highest BCUT2D eigenvalue weighted by atomic mass is 19.4. The number of morpholine rings is 1. The molecule has 0 unspecified atom stereocenters. The van der Waals surface area contributed by atoms with Gasteiger partial charge in [0.15, 0.2) is 0 Å². The number of benzene rings is 2. The van der Waals surface area contributed by atoms with Gasteiger partial charge in [0.2, 0.25) is 5.56 Å². The maximum Gasteiger partial charge on any atom is 0.417 e. The second kappa shape index (κ2) is 11.8. The summed E-state index contributed by atoms with van der Waals surface area (Å²) in [6.07, 6.45) is -4.18. The van der Waals surface area contributed by atoms with Crippen LogP contribution in [0.3, 0.4) is 0 Å². The third-order valence-electron chi connectivity index (χ3n) is 8.06. The molecule has 2 atom stereocenters. The molecule has 224 valence electrons. The summed E-state index contributed by atoms with van der Waals surface area (Å²) >= 11 is 0. The molecule has 3 heterocycles. The number of carbonyl (C=O) groups excluding carboxylic acids is 1. The standard InChI is InChI=1S/C30H33F4N5O3/c1-18-16-39(17-19(2)37(18)3)27-14-25(31)22(20-4-6-21(7-5-20)38-8-10-42-11-9-38)12-26(27)36-29(41)23-15-35-28(40)13-24(23)30(32,33)34/h4-7,12-15,18-19H,8-11,16-17H2,1-3H3,(H,35,40)(H,36,41)/t18-,19+. The van der Waals surface area contributed by atoms with E-state index in [1.165, 1.54) is 12.1 Å². The molecule has 2 N–H and O–H groups in total. The van der Waals surface area contributed by atoms with Gasteiger partial charge in [0, 0.05) is 61.8 Å². The molecule has 3 aromatic rings. The number of ether oxygens (including phenoxy) is 1. The minimum atomic E-state index is -4.93. The molecule has 1 aromatic heterocycles. The minimum Gasteiger partial charge on any atom is -0.378 e. The van der Waals surface area contributed by atoms with Gasteiger partial charge in [-0.15, -0.1) is 0 Å². The Morgan fingerprint density at radius 1 is 1.00 bits per heavy atom. The van der Waals surface area contributed by atoms with E-state index in [-0.39, 0.29) is 23.3 Å². The van der Waals surface area contributed by atoms with Crippen LogP contribution in [-0.2, 0) is 10.9 Å². The van der Waals surface area contributed by atoms with Crippen molar-refractivity contribution >= 4 is 23.0 Å². The summed E-state index contributed by atoms with van der Waals surface area (Å²) in [4.78, 5) is 33.4. The number of likely N-dealkylation sites (N-methyl/N-ethyl adjacent to an activating group) is 1. The molecule has 2 aliphatic heterocycles. The molecule has 2 fully saturated rings. The maximum absolute atomic E-state index is 15.8. The van der Waals surface area contributed by atoms with Gasteiger partial charge in [-0.05, 0) is 50.7 Å². The molecule has 0 spiro atoms. The van der Waals surface area contributed by atoms with Gasteiger partial charge in [-0.25, -0.2) is 4.39 Å². The zero-order valence-corrected chi connectivity index (χ0v) is 23.6. The number of rotatable bonds is 5. The number of alkyl halides is 3. The topological polar surface area (TPSA) is 80.9 Å². The quantitative estimate of drug-likeness (QED) is 0.417. The number of aromatic amines is 1. The lowest BCUT2D eigenvalue weighted by molar-refractivity contribution is -0.138. The molecule has 5 rings (SSSR count). The van der Waals surface area contributed by atoms with E-state index in [1.54, 1.807) is 12.1 Å². The van der Waals surface area contributed by atoms with Gasteiger partial charge < -0.3 is 24.8 Å². The SMILES string of the molecule is C[C@@H]1CN(c2cc(F)c(-c3ccc(N4CCOCC4)cc3)cc2NC(=O)c2c[nH]c(=O)cc2C(F)(F)F)C[C@H](C)N1C. The number of hydrogen-bond donors (Lipinski definition) is 2. The molecule has 0 bridgehead atoms. The largest absolute Gasteiger partial charge is 0.417 e. The average molecular weight is 588 g/mol. The van der Waals surface area contributed by atoms with Gasteiger partial charge in [-0.3, -0.25) is 14.5 Å². The number of pyridine rings is 1. The second-order valence-electron chi connectivity index (χ2n) is 10.8. The fourth-order valence-electron chi connectivity index (χ4n) is 5.50. The first-order chi connectivity index (χ1) is 19.9. The maximum atomic E-state index is 15.8. The van der Waals surface area contributed by atoms with Gasteiger partial charge in [0.1, 0.15) is 5.82 Å². The smallest absolute Gasteiger partial charge is 0.378 e. The van der Waals surface area contributed by atoms with E-state index in [1.807, 2.05) is 37.9 Å². The molecule has 2 aromatic carbocycles. The van der Waals surface area contributed by atoms with E-state index < -0.39 is 34.6 Å². The number of amides is 1. The van der Waals surface area contributed by atoms with Crippen LogP contribution >= 0.6 is 0 Å². The van der Waals surface area contributed by atoms with Crippen LogP contribution < -0.4 is 20.7 Å². The number of nitrogens with one attached hydrogen (secondary N) is 2. The number of halogens is 4. The molecule has 1 amide bonds. The van der Waals surface area contributed by atoms with Crippen molar-refractivity contribution in [3.8, 4) is 11.1 Å². The van der Waals surface area contributed by atoms with Crippen molar-refractivity contribution in [3.05, 3.63) is 76.0 Å². The molecule has 2 aliphatic rings. The Bertz CT molecular complexity index is 1490. The molecule has 12 heteroatoms. The van der Waals surface area contributed by atoms with Crippen LogP contribution in [0.25, 0.3) is 11.1 Å². The second-order valence-corrected chi connectivity index (χ2v) is 10.8. The third kappa shape index (κ3) is 6.14. The van der Waals surface area contributed by atoms with Crippen LogP contribution in [0.15, 0.2) is 53.5 Å². The van der Waals surface area contributed by atoms with Crippen molar-refractivity contribution in [3.63, 3.8) is 0 Å². The monoisotopic (exact) mass is 587 g/mol. The molecular formula is C30H33F4N5O3. The van der Waals surface area contributed by atoms with Crippen molar-refractivity contribution in [2.45, 2.75) is 32.1 Å². The Labute approximate surface area is 240 Å². The van der Waals surface area contributed by atoms with Crippen LogP contribution in [0.4, 0.5) is 34.6 Å². The van der Waals surface area contributed by atoms with E-state index in [0.29, 0.717) is 43.6 Å². The molecular weight excluding hydrogens is 554 g/mol. The summed E-state index contributed by atoms with van der Waals surface area (Å²) in [6, 6.07) is 10.6. The molecule has 42 heavy (non-hydrogen) atoms. The van der Waals surface area contributed by atoms with Crippen molar-refractivity contribution in [2.24, 2.45) is 0 Å². The normalized spacial score (nSPS) is 20.1. The van der Waals surface area contributed by atoms with Crippen LogP contribution in [0.1, 0.15) is 29.8 Å². The zero-order chi connectivity index (χ0) is 30.2. The average Bonchev–Trinajstić information content (AvgIpc) is 2.96. The predicted octanol–water partition coefficient (Wildman–Crippen LogP) is 4.82. The highest BCUT2D eigenvalue weighted by Gasteiger charge is 2.36. The number of nitrogens with zero attached hydrogens (tertiary/aromatic N) is 3. The number of aromatic nitrogens is 1. The van der Waals surface area contributed by atoms with Gasteiger partial charge in [0.05, 0.1) is 35.7 Å². The molecule has 0 aliphatic carbocycles. The third-order valence-corrected chi connectivity index (χ3v) is 8.06. The Balaban J connectivity index is 1.54. The highest BCUT2D eigenvalue weighted by Crippen LogP contribution is 2.37. The van der Waals surface area contributed by atoms with E-state index in [0.717, 1.165) is 25.0 Å². The fraction of sp³-hybridized carbons (Fsp3) is 0.400. The highest BCUT2D eigenvalue weighted by molar-refractivity contribution is 6.07. The van der Waals surface area contributed by atoms with E-state index in [9.17, 15) is 22.8 Å². The van der Waals surface area contributed by atoms with Gasteiger partial charge in [0.25, 0.3) is 5.91 Å². The summed E-state index contributed by atoms with van der Waals surface area (Å²) in [7, 11) is 1.99. The van der Waals surface area contributed by atoms with Crippen molar-refractivity contribution in [1.82, 2.24) is 9.88 Å². The fourth-order valence-corrected chi connectivity index (χ4v) is 5.50. The van der Waals surface area contributed by atoms with Gasteiger partial charge >= 0.3 is 6.18 Å². The lowest BCUT2D eigenvalue weighted by Gasteiger charge is -2.44. The van der Waals surface area contributed by atoms with Crippen molar-refractivity contribution in [2.75, 3.05) is 61.6 Å². The van der Waals surface area contributed by atoms with E-state index >= 15 is 4.39 Å². The molecule has 0 radical (unpaired) electrons. The number of anilines is 3. The summed E-state index contributed by atoms with van der Waals surface area (Å²) < 4.78 is 62.3. The predicted molar refractivity (Wildman–Crippen MR) is 154 cm³/mol. The zero-order valence-electron chi connectivity index (χ0n) is 23.6. The number of H-pyrrole nitrogens is 1. The minimum absolute atomic E-state index is 0.101. The van der Waals surface area contributed by atoms with E-state index in [4.69, 9.17) is 4.74 Å². The first-order valence-corrected chi connectivity index (χ1v) is 13.8.